The summed E-state index contributed by atoms with van der Waals surface area (Å²) in [5, 5.41) is 7.52. The largest absolute Gasteiger partial charge is 0.381 e. The normalized spacial score (nSPS) is 19.5. The van der Waals surface area contributed by atoms with E-state index in [1.54, 1.807) is 16.8 Å². The first-order valence-corrected chi connectivity index (χ1v) is 8.45. The molecule has 5 nitrogen and oxygen atoms in total. The molecule has 0 radical (unpaired) electrons. The van der Waals surface area contributed by atoms with Crippen molar-refractivity contribution in [3.63, 3.8) is 0 Å². The lowest BCUT2D eigenvalue weighted by Gasteiger charge is -2.08. The molecule has 1 saturated heterocycles. The Morgan fingerprint density at radius 1 is 1.33 bits per heavy atom. The second-order valence-corrected chi connectivity index (χ2v) is 6.46. The topological polar surface area (TPSA) is 56.1 Å². The van der Waals surface area contributed by atoms with Crippen LogP contribution in [0.5, 0.6) is 0 Å². The van der Waals surface area contributed by atoms with E-state index < -0.39 is 0 Å². The molecule has 1 aliphatic carbocycles. The third-order valence-corrected chi connectivity index (χ3v) is 4.79. The molecule has 2 aliphatic rings. The maximum atomic E-state index is 13.2. The third-order valence-electron chi connectivity index (χ3n) is 4.79. The van der Waals surface area contributed by atoms with Gasteiger partial charge in [-0.25, -0.2) is 9.07 Å². The van der Waals surface area contributed by atoms with Gasteiger partial charge in [-0.3, -0.25) is 4.79 Å². The number of halogens is 1. The number of aromatic nitrogens is 2. The molecule has 4 rings (SSSR count). The summed E-state index contributed by atoms with van der Waals surface area (Å²) in [6.45, 7) is 2.11. The van der Waals surface area contributed by atoms with E-state index in [0.29, 0.717) is 24.8 Å². The number of fused-ring (bicyclic) bond motifs is 1. The second-order valence-electron chi connectivity index (χ2n) is 6.46. The molecule has 1 fully saturated rings. The maximum Gasteiger partial charge on any atom is 0.272 e. The summed E-state index contributed by atoms with van der Waals surface area (Å²) in [5.74, 6) is -0.0126. The lowest BCUT2D eigenvalue weighted by atomic mass is 10.1. The minimum atomic E-state index is -0.278. The van der Waals surface area contributed by atoms with Gasteiger partial charge in [-0.15, -0.1) is 0 Å². The fraction of sp³-hybridized carbons (Fsp3) is 0.444. The second kappa shape index (κ2) is 6.36. The molecule has 1 aromatic heterocycles. The van der Waals surface area contributed by atoms with Crippen LogP contribution in [0.2, 0.25) is 0 Å². The molecule has 1 amide bonds. The van der Waals surface area contributed by atoms with E-state index in [0.717, 1.165) is 49.2 Å². The molecule has 0 saturated carbocycles. The molecule has 1 aromatic carbocycles. The molecule has 1 N–H and O–H groups in total. The number of hydrogen-bond acceptors (Lipinski definition) is 3. The van der Waals surface area contributed by atoms with Crippen LogP contribution in [0, 0.1) is 11.7 Å². The predicted octanol–water partition coefficient (Wildman–Crippen LogP) is 2.27. The Balaban J connectivity index is 1.58. The van der Waals surface area contributed by atoms with Crippen LogP contribution in [0.25, 0.3) is 5.69 Å². The van der Waals surface area contributed by atoms with Crippen molar-refractivity contribution in [2.45, 2.75) is 25.7 Å². The van der Waals surface area contributed by atoms with E-state index in [-0.39, 0.29) is 11.7 Å². The van der Waals surface area contributed by atoms with E-state index in [2.05, 4.69) is 10.4 Å². The fourth-order valence-corrected chi connectivity index (χ4v) is 3.48. The van der Waals surface area contributed by atoms with E-state index >= 15 is 0 Å². The highest BCUT2D eigenvalue weighted by molar-refractivity contribution is 5.94. The van der Waals surface area contributed by atoms with Gasteiger partial charge in [0.15, 0.2) is 5.69 Å². The highest BCUT2D eigenvalue weighted by Gasteiger charge is 2.27. The van der Waals surface area contributed by atoms with Gasteiger partial charge in [0.05, 0.1) is 12.3 Å². The quantitative estimate of drug-likeness (QED) is 0.936. The van der Waals surface area contributed by atoms with Crippen molar-refractivity contribution in [2.75, 3.05) is 19.8 Å². The van der Waals surface area contributed by atoms with Gasteiger partial charge < -0.3 is 10.1 Å². The number of ether oxygens (including phenoxy) is 1. The van der Waals surface area contributed by atoms with Crippen LogP contribution in [0.15, 0.2) is 24.3 Å². The first-order valence-electron chi connectivity index (χ1n) is 8.45. The van der Waals surface area contributed by atoms with Gasteiger partial charge in [0.1, 0.15) is 5.82 Å². The predicted molar refractivity (Wildman–Crippen MR) is 86.8 cm³/mol. The van der Waals surface area contributed by atoms with Crippen LogP contribution < -0.4 is 5.32 Å². The standard InChI is InChI=1S/C18H20FN3O2/c19-13-4-6-14(7-5-13)22-16-3-1-2-15(16)17(21-22)18(23)20-10-12-8-9-24-11-12/h4-7,12H,1-3,8-11H2,(H,20,23)/t12-/m0/s1. The summed E-state index contributed by atoms with van der Waals surface area (Å²) in [7, 11) is 0. The average Bonchev–Trinajstić information content (AvgIpc) is 3.31. The fourth-order valence-electron chi connectivity index (χ4n) is 3.48. The Bertz CT molecular complexity index is 748. The van der Waals surface area contributed by atoms with Crippen LogP contribution in [0.1, 0.15) is 34.6 Å². The lowest BCUT2D eigenvalue weighted by molar-refractivity contribution is 0.0938. The first-order chi connectivity index (χ1) is 11.7. The van der Waals surface area contributed by atoms with Crippen molar-refractivity contribution >= 4 is 5.91 Å². The Labute approximate surface area is 139 Å². The van der Waals surface area contributed by atoms with Crippen LogP contribution in [-0.2, 0) is 17.6 Å². The van der Waals surface area contributed by atoms with Crippen LogP contribution in [0.4, 0.5) is 4.39 Å². The molecular formula is C18H20FN3O2. The van der Waals surface area contributed by atoms with Gasteiger partial charge >= 0.3 is 0 Å². The molecule has 0 spiro atoms. The number of hydrogen-bond donors (Lipinski definition) is 1. The van der Waals surface area contributed by atoms with Crippen LogP contribution in [-0.4, -0.2) is 35.4 Å². The van der Waals surface area contributed by atoms with Gasteiger partial charge in [0.25, 0.3) is 5.91 Å². The zero-order valence-electron chi connectivity index (χ0n) is 13.4. The SMILES string of the molecule is O=C(NC[C@@H]1CCOC1)c1nn(-c2ccc(F)cc2)c2c1CCC2. The average molecular weight is 329 g/mol. The number of nitrogens with zero attached hydrogens (tertiary/aromatic N) is 2. The molecule has 1 aliphatic heterocycles. The first kappa shape index (κ1) is 15.3. The van der Waals surface area contributed by atoms with Gasteiger partial charge in [-0.2, -0.15) is 5.10 Å². The number of carbonyl (C=O) groups is 1. The summed E-state index contributed by atoms with van der Waals surface area (Å²) in [6.07, 6.45) is 3.77. The van der Waals surface area contributed by atoms with Crippen molar-refractivity contribution in [1.29, 1.82) is 0 Å². The molecule has 2 aromatic rings. The summed E-state index contributed by atoms with van der Waals surface area (Å²) in [6, 6.07) is 6.22. The van der Waals surface area contributed by atoms with Crippen molar-refractivity contribution < 1.29 is 13.9 Å². The molecule has 126 valence electrons. The van der Waals surface area contributed by atoms with Gasteiger partial charge in [-0.1, -0.05) is 0 Å². The van der Waals surface area contributed by atoms with Crippen molar-refractivity contribution in [3.05, 3.63) is 47.0 Å². The van der Waals surface area contributed by atoms with Crippen LogP contribution in [0.3, 0.4) is 0 Å². The van der Waals surface area contributed by atoms with Crippen LogP contribution >= 0.6 is 0 Å². The molecular weight excluding hydrogens is 309 g/mol. The Kier molecular flexibility index (Phi) is 4.06. The number of carbonyl (C=O) groups excluding carboxylic acids is 1. The van der Waals surface area contributed by atoms with Crippen molar-refractivity contribution in [2.24, 2.45) is 5.92 Å². The van der Waals surface area contributed by atoms with E-state index in [1.165, 1.54) is 12.1 Å². The Morgan fingerprint density at radius 3 is 2.92 bits per heavy atom. The third kappa shape index (κ3) is 2.82. The molecule has 0 unspecified atom stereocenters. The van der Waals surface area contributed by atoms with Crippen molar-refractivity contribution in [1.82, 2.24) is 15.1 Å². The van der Waals surface area contributed by atoms with E-state index in [4.69, 9.17) is 4.74 Å². The summed E-state index contributed by atoms with van der Waals surface area (Å²) in [4.78, 5) is 12.6. The molecule has 0 bridgehead atoms. The zero-order valence-corrected chi connectivity index (χ0v) is 13.4. The number of nitrogens with one attached hydrogen (secondary N) is 1. The highest BCUT2D eigenvalue weighted by Crippen LogP contribution is 2.28. The van der Waals surface area contributed by atoms with Gasteiger partial charge in [0, 0.05) is 30.3 Å². The van der Waals surface area contributed by atoms with E-state index in [9.17, 15) is 9.18 Å². The van der Waals surface area contributed by atoms with Gasteiger partial charge in [-0.05, 0) is 49.9 Å². The Morgan fingerprint density at radius 2 is 2.17 bits per heavy atom. The summed E-state index contributed by atoms with van der Waals surface area (Å²) < 4.78 is 20.3. The minimum absolute atomic E-state index is 0.124. The molecule has 24 heavy (non-hydrogen) atoms. The number of rotatable bonds is 4. The number of amides is 1. The number of benzene rings is 1. The zero-order chi connectivity index (χ0) is 16.5. The highest BCUT2D eigenvalue weighted by atomic mass is 19.1. The summed E-state index contributed by atoms with van der Waals surface area (Å²) in [5.41, 5.74) is 3.39. The lowest BCUT2D eigenvalue weighted by Crippen LogP contribution is -2.30. The van der Waals surface area contributed by atoms with Crippen molar-refractivity contribution in [3.8, 4) is 5.69 Å². The molecule has 1 atom stereocenters. The Hall–Kier alpha value is -2.21. The summed E-state index contributed by atoms with van der Waals surface area (Å²) >= 11 is 0. The monoisotopic (exact) mass is 329 g/mol. The van der Waals surface area contributed by atoms with E-state index in [1.807, 2.05) is 0 Å². The maximum absolute atomic E-state index is 13.2. The smallest absolute Gasteiger partial charge is 0.272 e. The minimum Gasteiger partial charge on any atom is -0.381 e. The molecule has 6 heteroatoms. The molecule has 2 heterocycles. The van der Waals surface area contributed by atoms with Gasteiger partial charge in [0.2, 0.25) is 0 Å².